The number of sulfone groups is 1. The fourth-order valence-electron chi connectivity index (χ4n) is 2.05. The summed E-state index contributed by atoms with van der Waals surface area (Å²) in [4.78, 5) is 10.9. The molecule has 0 saturated carbocycles. The number of hydrogen-bond acceptors (Lipinski definition) is 4. The first-order valence-corrected chi connectivity index (χ1v) is 8.30. The molecule has 1 N–H and O–H groups in total. The van der Waals surface area contributed by atoms with E-state index in [-0.39, 0.29) is 21.6 Å². The molecular weight excluding hydrogens is 349 g/mol. The molecule has 0 aliphatic carbocycles. The van der Waals surface area contributed by atoms with Gasteiger partial charge in [-0.15, -0.1) is 13.2 Å². The second kappa shape index (κ2) is 6.16. The highest BCUT2D eigenvalue weighted by atomic mass is 32.2. The zero-order valence-corrected chi connectivity index (χ0v) is 13.0. The molecule has 0 atom stereocenters. The lowest BCUT2D eigenvalue weighted by Crippen LogP contribution is -2.16. The van der Waals surface area contributed by atoms with Crippen molar-refractivity contribution in [1.82, 2.24) is 0 Å². The minimum absolute atomic E-state index is 0.0796. The van der Waals surface area contributed by atoms with Crippen molar-refractivity contribution >= 4 is 15.8 Å². The lowest BCUT2D eigenvalue weighted by atomic mass is 10.0. The Bertz CT molecular complexity index is 871. The molecule has 0 saturated heterocycles. The topological polar surface area (TPSA) is 80.7 Å². The Kier molecular flexibility index (Phi) is 4.57. The highest BCUT2D eigenvalue weighted by molar-refractivity contribution is 7.90. The van der Waals surface area contributed by atoms with Crippen LogP contribution in [0.4, 0.5) is 13.2 Å². The number of benzene rings is 2. The number of carbonyl (C=O) groups is 1. The van der Waals surface area contributed by atoms with Crippen LogP contribution in [0.1, 0.15) is 10.4 Å². The molecular formula is C15H11F3O5S. The molecule has 24 heavy (non-hydrogen) atoms. The van der Waals surface area contributed by atoms with Gasteiger partial charge in [-0.2, -0.15) is 0 Å². The molecule has 2 rings (SSSR count). The molecule has 0 aliphatic rings. The Morgan fingerprint density at radius 3 is 2.12 bits per heavy atom. The third-order valence-electron chi connectivity index (χ3n) is 3.02. The van der Waals surface area contributed by atoms with E-state index in [1.54, 1.807) is 0 Å². The summed E-state index contributed by atoms with van der Waals surface area (Å²) in [5, 5.41) is 9.03. The van der Waals surface area contributed by atoms with Gasteiger partial charge in [-0.1, -0.05) is 12.1 Å². The molecule has 2 aromatic carbocycles. The van der Waals surface area contributed by atoms with Crippen LogP contribution in [0.15, 0.2) is 47.4 Å². The van der Waals surface area contributed by atoms with Gasteiger partial charge >= 0.3 is 12.3 Å². The van der Waals surface area contributed by atoms with Crippen molar-refractivity contribution in [2.75, 3.05) is 6.26 Å². The number of ether oxygens (including phenoxy) is 1. The quantitative estimate of drug-likeness (QED) is 0.904. The SMILES string of the molecule is CS(=O)(=O)c1ccc(C(=O)O)cc1-c1ccc(OC(F)(F)F)cc1. The number of alkyl halides is 3. The predicted molar refractivity (Wildman–Crippen MR) is 78.6 cm³/mol. The van der Waals surface area contributed by atoms with Gasteiger partial charge in [0.05, 0.1) is 10.5 Å². The summed E-state index contributed by atoms with van der Waals surface area (Å²) >= 11 is 0. The van der Waals surface area contributed by atoms with Gasteiger partial charge in [0, 0.05) is 11.8 Å². The first-order valence-electron chi connectivity index (χ1n) is 6.41. The van der Waals surface area contributed by atoms with Gasteiger partial charge in [0.1, 0.15) is 5.75 Å². The Morgan fingerprint density at radius 1 is 1.08 bits per heavy atom. The third-order valence-corrected chi connectivity index (χ3v) is 4.18. The average molecular weight is 360 g/mol. The normalized spacial score (nSPS) is 12.0. The lowest BCUT2D eigenvalue weighted by Gasteiger charge is -2.12. The van der Waals surface area contributed by atoms with Crippen LogP contribution in [-0.2, 0) is 9.84 Å². The van der Waals surface area contributed by atoms with E-state index in [1.807, 2.05) is 0 Å². The van der Waals surface area contributed by atoms with Crippen LogP contribution in [-0.4, -0.2) is 32.1 Å². The van der Waals surface area contributed by atoms with Crippen LogP contribution < -0.4 is 4.74 Å². The molecule has 9 heteroatoms. The van der Waals surface area contributed by atoms with Crippen molar-refractivity contribution in [2.24, 2.45) is 0 Å². The van der Waals surface area contributed by atoms with Gasteiger partial charge in [-0.25, -0.2) is 13.2 Å². The molecule has 0 spiro atoms. The second-order valence-corrected chi connectivity index (χ2v) is 6.84. The van der Waals surface area contributed by atoms with Crippen molar-refractivity contribution in [3.8, 4) is 16.9 Å². The van der Waals surface area contributed by atoms with E-state index in [4.69, 9.17) is 5.11 Å². The van der Waals surface area contributed by atoms with E-state index >= 15 is 0 Å². The van der Waals surface area contributed by atoms with E-state index in [1.165, 1.54) is 12.1 Å². The minimum atomic E-state index is -4.84. The van der Waals surface area contributed by atoms with Gasteiger partial charge in [-0.05, 0) is 35.9 Å². The molecule has 0 heterocycles. The van der Waals surface area contributed by atoms with Gasteiger partial charge in [0.2, 0.25) is 0 Å². The molecule has 0 aliphatic heterocycles. The molecule has 2 aromatic rings. The van der Waals surface area contributed by atoms with Gasteiger partial charge in [0.15, 0.2) is 9.84 Å². The zero-order chi connectivity index (χ0) is 18.1. The van der Waals surface area contributed by atoms with Crippen LogP contribution in [0.5, 0.6) is 5.75 Å². The first-order chi connectivity index (χ1) is 11.0. The smallest absolute Gasteiger partial charge is 0.478 e. The molecule has 0 unspecified atom stereocenters. The number of carboxylic acids is 1. The molecule has 5 nitrogen and oxygen atoms in total. The molecule has 0 radical (unpaired) electrons. The summed E-state index contributed by atoms with van der Waals surface area (Å²) < 4.78 is 63.9. The largest absolute Gasteiger partial charge is 0.573 e. The van der Waals surface area contributed by atoms with Crippen molar-refractivity contribution in [3.05, 3.63) is 48.0 Å². The van der Waals surface area contributed by atoms with Crippen molar-refractivity contribution in [3.63, 3.8) is 0 Å². The van der Waals surface area contributed by atoms with Crippen LogP contribution >= 0.6 is 0 Å². The van der Waals surface area contributed by atoms with Gasteiger partial charge in [-0.3, -0.25) is 0 Å². The Balaban J connectivity index is 2.54. The molecule has 0 aromatic heterocycles. The average Bonchev–Trinajstić information content (AvgIpc) is 2.44. The summed E-state index contributed by atoms with van der Waals surface area (Å²) in [6.07, 6.45) is -3.89. The maximum Gasteiger partial charge on any atom is 0.573 e. The van der Waals surface area contributed by atoms with Crippen LogP contribution in [0.25, 0.3) is 11.1 Å². The maximum absolute atomic E-state index is 12.2. The highest BCUT2D eigenvalue weighted by Crippen LogP contribution is 2.31. The van der Waals surface area contributed by atoms with E-state index in [2.05, 4.69) is 4.74 Å². The standard InChI is InChI=1S/C15H11F3O5S/c1-24(21,22)13-7-4-10(14(19)20)8-12(13)9-2-5-11(6-3-9)23-15(16,17)18/h2-8H,1H3,(H,19,20). The third kappa shape index (κ3) is 4.25. The predicted octanol–water partition coefficient (Wildman–Crippen LogP) is 3.35. The number of halogens is 3. The van der Waals surface area contributed by atoms with Crippen LogP contribution in [0.3, 0.4) is 0 Å². The summed E-state index contributed by atoms with van der Waals surface area (Å²) in [5.74, 6) is -1.73. The molecule has 0 bridgehead atoms. The Hall–Kier alpha value is -2.55. The number of hydrogen-bond donors (Lipinski definition) is 1. The fourth-order valence-corrected chi connectivity index (χ4v) is 2.94. The van der Waals surface area contributed by atoms with Crippen molar-refractivity contribution in [2.45, 2.75) is 11.3 Å². The summed E-state index contributed by atoms with van der Waals surface area (Å²) in [6.45, 7) is 0. The Morgan fingerprint density at radius 2 is 1.67 bits per heavy atom. The molecule has 0 amide bonds. The van der Waals surface area contributed by atoms with E-state index in [9.17, 15) is 26.4 Å². The first kappa shape index (κ1) is 17.8. The molecule has 0 fully saturated rings. The number of rotatable bonds is 4. The van der Waals surface area contributed by atoms with Gasteiger partial charge in [0.25, 0.3) is 0 Å². The highest BCUT2D eigenvalue weighted by Gasteiger charge is 2.31. The number of carboxylic acid groups (broad SMARTS) is 1. The minimum Gasteiger partial charge on any atom is -0.478 e. The lowest BCUT2D eigenvalue weighted by molar-refractivity contribution is -0.274. The van der Waals surface area contributed by atoms with Gasteiger partial charge < -0.3 is 9.84 Å². The van der Waals surface area contributed by atoms with E-state index in [0.717, 1.165) is 36.6 Å². The summed E-state index contributed by atoms with van der Waals surface area (Å²) in [5.41, 5.74) is 0.178. The Labute approximate surface area is 135 Å². The van der Waals surface area contributed by atoms with Crippen molar-refractivity contribution in [1.29, 1.82) is 0 Å². The van der Waals surface area contributed by atoms with E-state index < -0.39 is 27.9 Å². The van der Waals surface area contributed by atoms with Crippen LogP contribution in [0.2, 0.25) is 0 Å². The van der Waals surface area contributed by atoms with Crippen LogP contribution in [0, 0.1) is 0 Å². The number of aromatic carboxylic acids is 1. The second-order valence-electron chi connectivity index (χ2n) is 4.86. The van der Waals surface area contributed by atoms with Crippen molar-refractivity contribution < 1.29 is 36.2 Å². The summed E-state index contributed by atoms with van der Waals surface area (Å²) in [7, 11) is -3.67. The fraction of sp³-hybridized carbons (Fsp3) is 0.133. The zero-order valence-electron chi connectivity index (χ0n) is 12.2. The van der Waals surface area contributed by atoms with E-state index in [0.29, 0.717) is 0 Å². The summed E-state index contributed by atoms with van der Waals surface area (Å²) in [6, 6.07) is 7.91. The maximum atomic E-state index is 12.2. The molecule has 128 valence electrons. The monoisotopic (exact) mass is 360 g/mol.